The minimum atomic E-state index is -0.456. The Bertz CT molecular complexity index is 200. The molecule has 1 aliphatic carbocycles. The SMILES string of the molecule is C#CCCC1(O)CCC(C)(C)CC1. The third kappa shape index (κ3) is 3.04. The Morgan fingerprint density at radius 3 is 2.23 bits per heavy atom. The van der Waals surface area contributed by atoms with Crippen molar-refractivity contribution in [1.29, 1.82) is 0 Å². The second kappa shape index (κ2) is 3.72. The van der Waals surface area contributed by atoms with Gasteiger partial charge in [0.2, 0.25) is 0 Å². The van der Waals surface area contributed by atoms with E-state index in [9.17, 15) is 5.11 Å². The molecule has 0 radical (unpaired) electrons. The van der Waals surface area contributed by atoms with Crippen molar-refractivity contribution in [1.82, 2.24) is 0 Å². The highest BCUT2D eigenvalue weighted by molar-refractivity contribution is 4.93. The summed E-state index contributed by atoms with van der Waals surface area (Å²) in [4.78, 5) is 0. The standard InChI is InChI=1S/C12H20O/c1-4-5-6-12(13)9-7-11(2,3)8-10-12/h1,13H,5-10H2,2-3H3. The molecule has 0 atom stereocenters. The number of hydrogen-bond donors (Lipinski definition) is 1. The van der Waals surface area contributed by atoms with E-state index in [0.29, 0.717) is 11.8 Å². The van der Waals surface area contributed by atoms with Gasteiger partial charge in [0.25, 0.3) is 0 Å². The maximum atomic E-state index is 10.1. The first-order chi connectivity index (χ1) is 5.97. The van der Waals surface area contributed by atoms with Crippen molar-refractivity contribution in [2.24, 2.45) is 5.41 Å². The molecule has 1 fully saturated rings. The fraction of sp³-hybridized carbons (Fsp3) is 0.833. The monoisotopic (exact) mass is 180 g/mol. The van der Waals surface area contributed by atoms with E-state index in [1.807, 2.05) is 0 Å². The molecule has 0 saturated heterocycles. The van der Waals surface area contributed by atoms with E-state index < -0.39 is 5.60 Å². The highest BCUT2D eigenvalue weighted by Gasteiger charge is 2.35. The Morgan fingerprint density at radius 2 is 1.77 bits per heavy atom. The third-order valence-electron chi connectivity index (χ3n) is 3.27. The normalized spacial score (nSPS) is 25.1. The van der Waals surface area contributed by atoms with E-state index in [0.717, 1.165) is 32.1 Å². The molecule has 0 aromatic carbocycles. The van der Waals surface area contributed by atoms with E-state index >= 15 is 0 Å². The Hall–Kier alpha value is -0.480. The number of rotatable bonds is 2. The van der Waals surface area contributed by atoms with Crippen LogP contribution in [-0.4, -0.2) is 10.7 Å². The van der Waals surface area contributed by atoms with E-state index in [-0.39, 0.29) is 0 Å². The van der Waals surface area contributed by atoms with Crippen LogP contribution < -0.4 is 0 Å². The van der Waals surface area contributed by atoms with Crippen molar-refractivity contribution >= 4 is 0 Å². The van der Waals surface area contributed by atoms with Crippen LogP contribution in [0.25, 0.3) is 0 Å². The van der Waals surface area contributed by atoms with Crippen molar-refractivity contribution in [3.8, 4) is 12.3 Å². The molecule has 0 heterocycles. The average Bonchev–Trinajstić information content (AvgIpc) is 2.08. The minimum Gasteiger partial charge on any atom is -0.390 e. The predicted molar refractivity (Wildman–Crippen MR) is 55.3 cm³/mol. The van der Waals surface area contributed by atoms with Gasteiger partial charge >= 0.3 is 0 Å². The molecule has 0 aromatic heterocycles. The van der Waals surface area contributed by atoms with Gasteiger partial charge in [-0.15, -0.1) is 12.3 Å². The first kappa shape index (κ1) is 10.6. The third-order valence-corrected chi connectivity index (χ3v) is 3.27. The lowest BCUT2D eigenvalue weighted by Crippen LogP contribution is -2.36. The molecule has 1 N–H and O–H groups in total. The second-order valence-corrected chi connectivity index (χ2v) is 5.09. The molecule has 0 bridgehead atoms. The molecule has 1 aliphatic rings. The lowest BCUT2D eigenvalue weighted by Gasteiger charge is -2.40. The molecule has 13 heavy (non-hydrogen) atoms. The van der Waals surface area contributed by atoms with Crippen molar-refractivity contribution < 1.29 is 5.11 Å². The lowest BCUT2D eigenvalue weighted by molar-refractivity contribution is -0.0309. The summed E-state index contributed by atoms with van der Waals surface area (Å²) in [6, 6.07) is 0. The fourth-order valence-electron chi connectivity index (χ4n) is 1.95. The van der Waals surface area contributed by atoms with Crippen LogP contribution in [0.15, 0.2) is 0 Å². The average molecular weight is 180 g/mol. The summed E-state index contributed by atoms with van der Waals surface area (Å²) in [5, 5.41) is 10.1. The van der Waals surface area contributed by atoms with Gasteiger partial charge < -0.3 is 5.11 Å². The summed E-state index contributed by atoms with van der Waals surface area (Å²) < 4.78 is 0. The van der Waals surface area contributed by atoms with Crippen molar-refractivity contribution in [3.05, 3.63) is 0 Å². The second-order valence-electron chi connectivity index (χ2n) is 5.09. The number of terminal acetylenes is 1. The van der Waals surface area contributed by atoms with Crippen LogP contribution in [0.2, 0.25) is 0 Å². The van der Waals surface area contributed by atoms with Crippen molar-refractivity contribution in [2.75, 3.05) is 0 Å². The molecular formula is C12H20O. The van der Waals surface area contributed by atoms with E-state index in [1.165, 1.54) is 0 Å². The molecule has 74 valence electrons. The van der Waals surface area contributed by atoms with Gasteiger partial charge in [0.15, 0.2) is 0 Å². The molecule has 1 nitrogen and oxygen atoms in total. The Balaban J connectivity index is 2.43. The van der Waals surface area contributed by atoms with Gasteiger partial charge in [0.1, 0.15) is 0 Å². The molecule has 0 aliphatic heterocycles. The molecule has 1 rings (SSSR count). The lowest BCUT2D eigenvalue weighted by atomic mass is 9.70. The summed E-state index contributed by atoms with van der Waals surface area (Å²) in [5.41, 5.74) is -0.0374. The van der Waals surface area contributed by atoms with Crippen LogP contribution in [0.3, 0.4) is 0 Å². The Kier molecular flexibility index (Phi) is 3.03. The van der Waals surface area contributed by atoms with Crippen LogP contribution in [0.1, 0.15) is 52.4 Å². The molecule has 1 heteroatoms. The first-order valence-electron chi connectivity index (χ1n) is 5.13. The minimum absolute atomic E-state index is 0.419. The van der Waals surface area contributed by atoms with Gasteiger partial charge in [-0.3, -0.25) is 0 Å². The van der Waals surface area contributed by atoms with Gasteiger partial charge in [-0.1, -0.05) is 13.8 Å². The summed E-state index contributed by atoms with van der Waals surface area (Å²) >= 11 is 0. The van der Waals surface area contributed by atoms with Crippen LogP contribution in [0.5, 0.6) is 0 Å². The van der Waals surface area contributed by atoms with Gasteiger partial charge in [0, 0.05) is 6.42 Å². The highest BCUT2D eigenvalue weighted by atomic mass is 16.3. The van der Waals surface area contributed by atoms with E-state index in [2.05, 4.69) is 19.8 Å². The van der Waals surface area contributed by atoms with Gasteiger partial charge in [0.05, 0.1) is 5.60 Å². The zero-order chi connectivity index (χ0) is 9.95. The summed E-state index contributed by atoms with van der Waals surface area (Å²) in [6.45, 7) is 4.54. The van der Waals surface area contributed by atoms with E-state index in [1.54, 1.807) is 0 Å². The Morgan fingerprint density at radius 1 is 1.23 bits per heavy atom. The quantitative estimate of drug-likeness (QED) is 0.648. The Labute approximate surface area is 81.5 Å². The topological polar surface area (TPSA) is 20.2 Å². The summed E-state index contributed by atoms with van der Waals surface area (Å²) in [5.74, 6) is 2.60. The summed E-state index contributed by atoms with van der Waals surface area (Å²) in [7, 11) is 0. The van der Waals surface area contributed by atoms with Crippen molar-refractivity contribution in [2.45, 2.75) is 58.0 Å². The molecular weight excluding hydrogens is 160 g/mol. The number of aliphatic hydroxyl groups is 1. The van der Waals surface area contributed by atoms with Crippen LogP contribution in [0, 0.1) is 17.8 Å². The van der Waals surface area contributed by atoms with Gasteiger partial charge in [-0.05, 0) is 37.5 Å². The maximum absolute atomic E-state index is 10.1. The van der Waals surface area contributed by atoms with Crippen LogP contribution >= 0.6 is 0 Å². The zero-order valence-electron chi connectivity index (χ0n) is 8.77. The summed E-state index contributed by atoms with van der Waals surface area (Å²) in [6.07, 6.45) is 10.8. The number of hydrogen-bond acceptors (Lipinski definition) is 1. The van der Waals surface area contributed by atoms with Gasteiger partial charge in [-0.25, -0.2) is 0 Å². The fourth-order valence-corrected chi connectivity index (χ4v) is 1.95. The molecule has 1 saturated carbocycles. The van der Waals surface area contributed by atoms with E-state index in [4.69, 9.17) is 6.42 Å². The zero-order valence-corrected chi connectivity index (χ0v) is 8.77. The highest BCUT2D eigenvalue weighted by Crippen LogP contribution is 2.41. The van der Waals surface area contributed by atoms with Crippen molar-refractivity contribution in [3.63, 3.8) is 0 Å². The molecule has 0 spiro atoms. The molecule has 0 amide bonds. The maximum Gasteiger partial charge on any atom is 0.0657 e. The first-order valence-corrected chi connectivity index (χ1v) is 5.13. The smallest absolute Gasteiger partial charge is 0.0657 e. The molecule has 0 aromatic rings. The van der Waals surface area contributed by atoms with Gasteiger partial charge in [-0.2, -0.15) is 0 Å². The molecule has 0 unspecified atom stereocenters. The largest absolute Gasteiger partial charge is 0.390 e. The van der Waals surface area contributed by atoms with Crippen LogP contribution in [0.4, 0.5) is 0 Å². The predicted octanol–water partition coefficient (Wildman–Crippen LogP) is 2.73. The van der Waals surface area contributed by atoms with Crippen LogP contribution in [-0.2, 0) is 0 Å².